The van der Waals surface area contributed by atoms with E-state index >= 15 is 0 Å². The number of nitrogens with zero attached hydrogens (tertiary/aromatic N) is 1. The number of anilines is 1. The Morgan fingerprint density at radius 2 is 1.76 bits per heavy atom. The smallest absolute Gasteiger partial charge is 0.331 e. The number of aromatic nitrogens is 2. The van der Waals surface area contributed by atoms with Crippen LogP contribution in [0.5, 0.6) is 5.75 Å². The average molecular weight is 450 g/mol. The van der Waals surface area contributed by atoms with Gasteiger partial charge in [0.1, 0.15) is 17.1 Å². The van der Waals surface area contributed by atoms with E-state index in [-0.39, 0.29) is 11.5 Å². The maximum Gasteiger partial charge on any atom is 0.331 e. The first-order valence-electron chi connectivity index (χ1n) is 11.2. The Kier molecular flexibility index (Phi) is 7.87. The van der Waals surface area contributed by atoms with Crippen molar-refractivity contribution in [2.24, 2.45) is 0 Å². The number of carbonyl (C=O) groups is 1. The van der Waals surface area contributed by atoms with E-state index < -0.39 is 5.54 Å². The highest BCUT2D eigenvalue weighted by molar-refractivity contribution is 5.83. The van der Waals surface area contributed by atoms with Crippen LogP contribution in [0.4, 0.5) is 5.69 Å². The molecule has 0 aliphatic rings. The highest BCUT2D eigenvalue weighted by Gasteiger charge is 2.28. The lowest BCUT2D eigenvalue weighted by molar-refractivity contribution is -0.147. The fourth-order valence-corrected chi connectivity index (χ4v) is 3.41. The molecule has 3 rings (SSSR count). The third-order valence-electron chi connectivity index (χ3n) is 5.16. The molecule has 0 saturated carbocycles. The van der Waals surface area contributed by atoms with Gasteiger partial charge in [0.15, 0.2) is 0 Å². The number of benzene rings is 2. The van der Waals surface area contributed by atoms with Crippen molar-refractivity contribution in [2.45, 2.75) is 46.1 Å². The van der Waals surface area contributed by atoms with Crippen LogP contribution < -0.4 is 15.6 Å². The number of aryl methyl sites for hydroxylation is 1. The van der Waals surface area contributed by atoms with Gasteiger partial charge in [0.05, 0.1) is 18.9 Å². The summed E-state index contributed by atoms with van der Waals surface area (Å²) < 4.78 is 11.0. The zero-order valence-corrected chi connectivity index (χ0v) is 19.6. The molecule has 0 aliphatic carbocycles. The third-order valence-corrected chi connectivity index (χ3v) is 5.16. The average Bonchev–Trinajstić information content (AvgIpc) is 2.81. The molecular formula is C26H31N3O4. The molecule has 0 radical (unpaired) electrons. The molecule has 7 heteroatoms. The van der Waals surface area contributed by atoms with Crippen LogP contribution >= 0.6 is 0 Å². The van der Waals surface area contributed by atoms with Crippen LogP contribution in [0, 0.1) is 0 Å². The summed E-state index contributed by atoms with van der Waals surface area (Å²) >= 11 is 0. The summed E-state index contributed by atoms with van der Waals surface area (Å²) in [6.45, 7) is 7.96. The summed E-state index contributed by atoms with van der Waals surface area (Å²) in [5, 5.41) is 3.17. The van der Waals surface area contributed by atoms with Gasteiger partial charge in [0, 0.05) is 29.7 Å². The number of hydrogen-bond acceptors (Lipinski definition) is 6. The number of esters is 1. The standard InChI is InChI=1S/C26H31N3O4/c1-5-22-27-23(18-10-8-7-9-11-18)21(24(30)28-22)16-17-33-20-14-12-19(13-15-20)29-26(3,4)25(31)32-6-2/h7-15,29H,5-6,16-17H2,1-4H3,(H,27,28,30). The Bertz CT molecular complexity index is 1120. The van der Waals surface area contributed by atoms with E-state index in [2.05, 4.69) is 15.3 Å². The fourth-order valence-electron chi connectivity index (χ4n) is 3.41. The highest BCUT2D eigenvalue weighted by atomic mass is 16.5. The molecule has 0 unspecified atom stereocenters. The van der Waals surface area contributed by atoms with Crippen LogP contribution in [0.3, 0.4) is 0 Å². The Hall–Kier alpha value is -3.61. The molecule has 0 aliphatic heterocycles. The molecule has 2 N–H and O–H groups in total. The number of nitrogens with one attached hydrogen (secondary N) is 2. The zero-order valence-electron chi connectivity index (χ0n) is 19.6. The van der Waals surface area contributed by atoms with E-state index in [4.69, 9.17) is 9.47 Å². The van der Waals surface area contributed by atoms with Crippen LogP contribution in [0.1, 0.15) is 39.1 Å². The molecule has 1 aromatic heterocycles. The molecule has 0 spiro atoms. The molecule has 2 aromatic carbocycles. The monoisotopic (exact) mass is 449 g/mol. The van der Waals surface area contributed by atoms with Crippen LogP contribution in [0.15, 0.2) is 59.4 Å². The molecule has 3 aromatic rings. The Labute approximate surface area is 194 Å². The second-order valence-corrected chi connectivity index (χ2v) is 8.15. The van der Waals surface area contributed by atoms with E-state index in [1.54, 1.807) is 20.8 Å². The predicted molar refractivity (Wildman–Crippen MR) is 130 cm³/mol. The van der Waals surface area contributed by atoms with Crippen LogP contribution in [-0.4, -0.2) is 34.7 Å². The second kappa shape index (κ2) is 10.8. The van der Waals surface area contributed by atoms with Crippen molar-refractivity contribution < 1.29 is 14.3 Å². The fraction of sp³-hybridized carbons (Fsp3) is 0.346. The van der Waals surface area contributed by atoms with Crippen molar-refractivity contribution in [3.8, 4) is 17.0 Å². The number of H-pyrrole nitrogens is 1. The maximum atomic E-state index is 12.7. The molecule has 0 saturated heterocycles. The Balaban J connectivity index is 1.67. The molecule has 33 heavy (non-hydrogen) atoms. The minimum atomic E-state index is -0.842. The minimum Gasteiger partial charge on any atom is -0.493 e. The molecule has 1 heterocycles. The normalized spacial score (nSPS) is 11.2. The largest absolute Gasteiger partial charge is 0.493 e. The van der Waals surface area contributed by atoms with E-state index in [0.717, 1.165) is 11.3 Å². The van der Waals surface area contributed by atoms with Gasteiger partial charge in [0.2, 0.25) is 0 Å². The van der Waals surface area contributed by atoms with Crippen LogP contribution in [0.25, 0.3) is 11.3 Å². The maximum absolute atomic E-state index is 12.7. The number of aromatic amines is 1. The van der Waals surface area contributed by atoms with E-state index in [1.165, 1.54) is 0 Å². The number of carbonyl (C=O) groups excluding carboxylic acids is 1. The summed E-state index contributed by atoms with van der Waals surface area (Å²) in [7, 11) is 0. The molecular weight excluding hydrogens is 418 g/mol. The highest BCUT2D eigenvalue weighted by Crippen LogP contribution is 2.22. The van der Waals surface area contributed by atoms with Gasteiger partial charge in [-0.15, -0.1) is 0 Å². The summed E-state index contributed by atoms with van der Waals surface area (Å²) in [4.78, 5) is 32.3. The first-order valence-corrected chi connectivity index (χ1v) is 11.2. The van der Waals surface area contributed by atoms with Crippen LogP contribution in [0.2, 0.25) is 0 Å². The number of ether oxygens (including phenoxy) is 2. The van der Waals surface area contributed by atoms with Crippen molar-refractivity contribution >= 4 is 11.7 Å². The molecule has 0 fully saturated rings. The first-order chi connectivity index (χ1) is 15.8. The second-order valence-electron chi connectivity index (χ2n) is 8.15. The van der Waals surface area contributed by atoms with Crippen molar-refractivity contribution in [3.05, 3.63) is 76.3 Å². The summed E-state index contributed by atoms with van der Waals surface area (Å²) in [5.74, 6) is 1.02. The van der Waals surface area contributed by atoms with Crippen molar-refractivity contribution in [2.75, 3.05) is 18.5 Å². The van der Waals surface area contributed by atoms with E-state index in [1.807, 2.05) is 61.5 Å². The van der Waals surface area contributed by atoms with Gasteiger partial charge < -0.3 is 19.8 Å². The van der Waals surface area contributed by atoms with Gasteiger partial charge in [-0.05, 0) is 45.0 Å². The van der Waals surface area contributed by atoms with Gasteiger partial charge >= 0.3 is 5.97 Å². The lowest BCUT2D eigenvalue weighted by atomic mass is 10.0. The van der Waals surface area contributed by atoms with Gasteiger partial charge in [-0.2, -0.15) is 0 Å². The molecule has 174 valence electrons. The summed E-state index contributed by atoms with van der Waals surface area (Å²) in [6.07, 6.45) is 1.08. The molecule has 7 nitrogen and oxygen atoms in total. The molecule has 0 bridgehead atoms. The Morgan fingerprint density at radius 1 is 1.06 bits per heavy atom. The molecule has 0 atom stereocenters. The van der Waals surface area contributed by atoms with Crippen molar-refractivity contribution in [1.82, 2.24) is 9.97 Å². The minimum absolute atomic E-state index is 0.134. The van der Waals surface area contributed by atoms with Crippen molar-refractivity contribution in [1.29, 1.82) is 0 Å². The Morgan fingerprint density at radius 3 is 2.39 bits per heavy atom. The van der Waals surface area contributed by atoms with Gasteiger partial charge in [-0.25, -0.2) is 9.78 Å². The van der Waals surface area contributed by atoms with Crippen LogP contribution in [-0.2, 0) is 22.4 Å². The first kappa shape index (κ1) is 24.0. The predicted octanol–water partition coefficient (Wildman–Crippen LogP) is 4.37. The van der Waals surface area contributed by atoms with Crippen molar-refractivity contribution in [3.63, 3.8) is 0 Å². The topological polar surface area (TPSA) is 93.3 Å². The SMILES string of the molecule is CCOC(=O)C(C)(C)Nc1ccc(OCCc2c(-c3ccccc3)nc(CC)[nH]c2=O)cc1. The quantitative estimate of drug-likeness (QED) is 0.446. The summed E-state index contributed by atoms with van der Waals surface area (Å²) in [6, 6.07) is 17.0. The van der Waals surface area contributed by atoms with Gasteiger partial charge in [-0.3, -0.25) is 4.79 Å². The van der Waals surface area contributed by atoms with Gasteiger partial charge in [0.25, 0.3) is 5.56 Å². The third kappa shape index (κ3) is 6.22. The zero-order chi connectivity index (χ0) is 23.8. The lowest BCUT2D eigenvalue weighted by Crippen LogP contribution is -2.41. The molecule has 0 amide bonds. The van der Waals surface area contributed by atoms with E-state index in [9.17, 15) is 9.59 Å². The lowest BCUT2D eigenvalue weighted by Gasteiger charge is -2.25. The number of hydrogen-bond donors (Lipinski definition) is 2. The number of rotatable bonds is 10. The summed E-state index contributed by atoms with van der Waals surface area (Å²) in [5.41, 5.74) is 2.01. The van der Waals surface area contributed by atoms with E-state index in [0.29, 0.717) is 48.9 Å². The van der Waals surface area contributed by atoms with Gasteiger partial charge in [-0.1, -0.05) is 37.3 Å².